The van der Waals surface area contributed by atoms with Gasteiger partial charge in [0.1, 0.15) is 6.29 Å². The van der Waals surface area contributed by atoms with E-state index < -0.39 is 0 Å². The van der Waals surface area contributed by atoms with Gasteiger partial charge in [0.15, 0.2) is 0 Å². The Labute approximate surface area is 128 Å². The first-order valence-electron chi connectivity index (χ1n) is 8.12. The molecule has 0 saturated heterocycles. The molecule has 2 aliphatic carbocycles. The zero-order valence-electron chi connectivity index (χ0n) is 13.6. The van der Waals surface area contributed by atoms with Crippen LogP contribution in [0.1, 0.15) is 34.1 Å². The molecule has 2 rings (SSSR count). The van der Waals surface area contributed by atoms with Crippen LogP contribution in [-0.2, 0) is 4.79 Å². The van der Waals surface area contributed by atoms with E-state index in [4.69, 9.17) is 0 Å². The number of hydrogen-bond donors (Lipinski definition) is 1. The predicted molar refractivity (Wildman–Crippen MR) is 86.7 cm³/mol. The smallest absolute Gasteiger partial charge is 0.145 e. The lowest BCUT2D eigenvalue weighted by molar-refractivity contribution is -0.104. The Kier molecular flexibility index (Phi) is 5.21. The van der Waals surface area contributed by atoms with Crippen molar-refractivity contribution in [3.63, 3.8) is 0 Å². The minimum Gasteiger partial charge on any atom is -0.393 e. The molecule has 0 aromatic heterocycles. The fourth-order valence-corrected chi connectivity index (χ4v) is 4.18. The monoisotopic (exact) mass is 288 g/mol. The van der Waals surface area contributed by atoms with E-state index in [-0.39, 0.29) is 6.10 Å². The van der Waals surface area contributed by atoms with E-state index in [9.17, 15) is 9.90 Å². The van der Waals surface area contributed by atoms with Crippen molar-refractivity contribution in [2.24, 2.45) is 35.5 Å². The van der Waals surface area contributed by atoms with Crippen LogP contribution in [0.5, 0.6) is 0 Å². The van der Waals surface area contributed by atoms with Crippen LogP contribution in [-0.4, -0.2) is 17.5 Å². The van der Waals surface area contributed by atoms with Crippen molar-refractivity contribution >= 4 is 6.29 Å². The highest BCUT2D eigenvalue weighted by molar-refractivity contribution is 5.72. The van der Waals surface area contributed by atoms with Gasteiger partial charge in [0.25, 0.3) is 0 Å². The summed E-state index contributed by atoms with van der Waals surface area (Å²) in [5.74, 6) is 2.68. The number of aldehydes is 1. The number of rotatable bonds is 3. The van der Waals surface area contributed by atoms with Crippen LogP contribution in [0.4, 0.5) is 0 Å². The van der Waals surface area contributed by atoms with Crippen molar-refractivity contribution in [1.29, 1.82) is 0 Å². The van der Waals surface area contributed by atoms with Crippen LogP contribution in [0.2, 0.25) is 0 Å². The summed E-state index contributed by atoms with van der Waals surface area (Å²) >= 11 is 0. The lowest BCUT2D eigenvalue weighted by Crippen LogP contribution is -2.46. The molecular weight excluding hydrogens is 260 g/mol. The van der Waals surface area contributed by atoms with Gasteiger partial charge >= 0.3 is 0 Å². The Hall–Kier alpha value is -1.15. The first kappa shape index (κ1) is 16.2. The average molecular weight is 288 g/mol. The minimum absolute atomic E-state index is 0.201. The molecule has 116 valence electrons. The SMILES string of the molecule is C/C(C=O)=C\C=C\C1C(C)C=C[C@H]2CC(C)[C@H](O)C(C)C12. The number of carbonyl (C=O) groups excluding carboxylic acids is 1. The first-order valence-corrected chi connectivity index (χ1v) is 8.12. The summed E-state index contributed by atoms with van der Waals surface area (Å²) in [7, 11) is 0. The van der Waals surface area contributed by atoms with Crippen molar-refractivity contribution in [1.82, 2.24) is 0 Å². The molecule has 21 heavy (non-hydrogen) atoms. The van der Waals surface area contributed by atoms with E-state index in [0.717, 1.165) is 18.3 Å². The van der Waals surface area contributed by atoms with E-state index in [1.807, 2.05) is 19.1 Å². The molecule has 0 radical (unpaired) electrons. The molecule has 1 fully saturated rings. The Morgan fingerprint density at radius 1 is 1.24 bits per heavy atom. The second-order valence-corrected chi connectivity index (χ2v) is 7.04. The molecule has 0 spiro atoms. The Balaban J connectivity index is 2.23. The number of allylic oxidation sites excluding steroid dienone is 6. The van der Waals surface area contributed by atoms with Gasteiger partial charge < -0.3 is 5.11 Å². The number of fused-ring (bicyclic) bond motifs is 1. The van der Waals surface area contributed by atoms with Gasteiger partial charge in [0.05, 0.1) is 6.10 Å². The lowest BCUT2D eigenvalue weighted by Gasteiger charge is -2.48. The molecule has 0 aromatic rings. The van der Waals surface area contributed by atoms with E-state index in [2.05, 4.69) is 39.0 Å². The summed E-state index contributed by atoms with van der Waals surface area (Å²) in [5, 5.41) is 10.4. The number of hydrogen-bond acceptors (Lipinski definition) is 2. The molecule has 2 aliphatic rings. The van der Waals surface area contributed by atoms with Crippen LogP contribution in [0, 0.1) is 35.5 Å². The second-order valence-electron chi connectivity index (χ2n) is 7.04. The molecule has 0 amide bonds. The quantitative estimate of drug-likeness (QED) is 0.371. The second kappa shape index (κ2) is 6.74. The summed E-state index contributed by atoms with van der Waals surface area (Å²) in [4.78, 5) is 10.7. The van der Waals surface area contributed by atoms with E-state index in [0.29, 0.717) is 35.5 Å². The molecule has 0 bridgehead atoms. The van der Waals surface area contributed by atoms with Gasteiger partial charge in [-0.1, -0.05) is 51.2 Å². The van der Waals surface area contributed by atoms with Gasteiger partial charge in [-0.25, -0.2) is 0 Å². The first-order chi connectivity index (χ1) is 9.95. The molecule has 2 heteroatoms. The van der Waals surface area contributed by atoms with Crippen molar-refractivity contribution < 1.29 is 9.90 Å². The van der Waals surface area contributed by atoms with Crippen molar-refractivity contribution in [2.45, 2.75) is 40.2 Å². The van der Waals surface area contributed by atoms with Gasteiger partial charge in [0, 0.05) is 0 Å². The molecule has 0 aromatic carbocycles. The minimum atomic E-state index is -0.201. The summed E-state index contributed by atoms with van der Waals surface area (Å²) < 4.78 is 0. The third kappa shape index (κ3) is 3.37. The topological polar surface area (TPSA) is 37.3 Å². The molecule has 5 unspecified atom stereocenters. The Morgan fingerprint density at radius 3 is 2.62 bits per heavy atom. The van der Waals surface area contributed by atoms with Gasteiger partial charge in [0.2, 0.25) is 0 Å². The van der Waals surface area contributed by atoms with Crippen molar-refractivity contribution in [3.8, 4) is 0 Å². The van der Waals surface area contributed by atoms with Gasteiger partial charge in [-0.15, -0.1) is 0 Å². The predicted octanol–water partition coefficient (Wildman–Crippen LogP) is 3.78. The maximum atomic E-state index is 10.7. The highest BCUT2D eigenvalue weighted by atomic mass is 16.3. The van der Waals surface area contributed by atoms with Crippen LogP contribution in [0.3, 0.4) is 0 Å². The van der Waals surface area contributed by atoms with Gasteiger partial charge in [-0.05, 0) is 54.4 Å². The zero-order chi connectivity index (χ0) is 15.6. The Morgan fingerprint density at radius 2 is 1.95 bits per heavy atom. The molecule has 0 aliphatic heterocycles. The maximum absolute atomic E-state index is 10.7. The summed E-state index contributed by atoms with van der Waals surface area (Å²) in [6.07, 6.45) is 12.6. The summed E-state index contributed by atoms with van der Waals surface area (Å²) in [5.41, 5.74) is 0.743. The maximum Gasteiger partial charge on any atom is 0.145 e. The van der Waals surface area contributed by atoms with E-state index in [1.54, 1.807) is 0 Å². The van der Waals surface area contributed by atoms with E-state index >= 15 is 0 Å². The zero-order valence-corrected chi connectivity index (χ0v) is 13.6. The standard InChI is InChI=1S/C19H28O2/c1-12(11-20)6-5-7-17-13(2)8-9-16-10-14(3)19(21)15(4)18(16)17/h5-9,11,13-19,21H,10H2,1-4H3/b7-5+,12-6+/t13?,14?,15?,16-,17?,18?,19-/m0/s1. The van der Waals surface area contributed by atoms with Crippen molar-refractivity contribution in [3.05, 3.63) is 36.0 Å². The summed E-state index contributed by atoms with van der Waals surface area (Å²) in [6, 6.07) is 0. The Bertz CT molecular complexity index is 460. The third-order valence-corrected chi connectivity index (χ3v) is 5.46. The normalized spacial score (nSPS) is 43.9. The average Bonchev–Trinajstić information content (AvgIpc) is 2.47. The molecule has 1 saturated carbocycles. The van der Waals surface area contributed by atoms with E-state index in [1.165, 1.54) is 0 Å². The number of carbonyl (C=O) groups is 1. The molecule has 1 N–H and O–H groups in total. The van der Waals surface area contributed by atoms with Gasteiger partial charge in [-0.3, -0.25) is 4.79 Å². The molecule has 0 heterocycles. The van der Waals surface area contributed by atoms with Crippen LogP contribution < -0.4 is 0 Å². The molecule has 7 atom stereocenters. The fourth-order valence-electron chi connectivity index (χ4n) is 4.18. The third-order valence-electron chi connectivity index (χ3n) is 5.46. The number of aliphatic hydroxyl groups excluding tert-OH is 1. The molecule has 2 nitrogen and oxygen atoms in total. The van der Waals surface area contributed by atoms with Gasteiger partial charge in [-0.2, -0.15) is 0 Å². The summed E-state index contributed by atoms with van der Waals surface area (Å²) in [6.45, 7) is 8.41. The highest BCUT2D eigenvalue weighted by Crippen LogP contribution is 2.48. The lowest BCUT2D eigenvalue weighted by atomic mass is 9.58. The number of aliphatic hydroxyl groups is 1. The molecular formula is C19H28O2. The fraction of sp³-hybridized carbons (Fsp3) is 0.632. The van der Waals surface area contributed by atoms with Crippen molar-refractivity contribution in [2.75, 3.05) is 0 Å². The largest absolute Gasteiger partial charge is 0.393 e. The van der Waals surface area contributed by atoms with Crippen LogP contribution in [0.25, 0.3) is 0 Å². The van der Waals surface area contributed by atoms with Crippen LogP contribution in [0.15, 0.2) is 36.0 Å². The highest BCUT2D eigenvalue weighted by Gasteiger charge is 2.44. The van der Waals surface area contributed by atoms with Crippen LogP contribution >= 0.6 is 0 Å².